The Morgan fingerprint density at radius 3 is 2.53 bits per heavy atom. The van der Waals surface area contributed by atoms with Crippen LogP contribution in [0.2, 0.25) is 0 Å². The fourth-order valence-electron chi connectivity index (χ4n) is 2.79. The molecule has 2 N–H and O–H groups in total. The molecule has 1 rings (SSSR count). The second kappa shape index (κ2) is 5.67. The molecule has 0 aromatic heterocycles. The van der Waals surface area contributed by atoms with E-state index in [1.807, 2.05) is 7.05 Å². The molecule has 0 aromatic rings. The largest absolute Gasteiger partial charge is 0.329 e. The lowest BCUT2D eigenvalue weighted by atomic mass is 9.93. The van der Waals surface area contributed by atoms with Crippen molar-refractivity contribution in [3.05, 3.63) is 0 Å². The first-order valence-corrected chi connectivity index (χ1v) is 8.48. The lowest BCUT2D eigenvalue weighted by molar-refractivity contribution is 0.135. The van der Waals surface area contributed by atoms with Crippen LogP contribution in [0, 0.1) is 5.92 Å². The van der Waals surface area contributed by atoms with Crippen LogP contribution in [0.5, 0.6) is 0 Å². The topological polar surface area (TPSA) is 63.4 Å². The second-order valence-corrected chi connectivity index (χ2v) is 7.76. The zero-order chi connectivity index (χ0) is 13.1. The van der Waals surface area contributed by atoms with Crippen LogP contribution in [-0.2, 0) is 9.84 Å². The summed E-state index contributed by atoms with van der Waals surface area (Å²) in [6.07, 6.45) is 5.92. The van der Waals surface area contributed by atoms with Gasteiger partial charge >= 0.3 is 0 Å². The van der Waals surface area contributed by atoms with E-state index in [0.717, 1.165) is 18.8 Å². The fourth-order valence-corrected chi connectivity index (χ4v) is 3.40. The Balaban J connectivity index is 2.61. The quantitative estimate of drug-likeness (QED) is 0.771. The average Bonchev–Trinajstić information content (AvgIpc) is 2.69. The highest BCUT2D eigenvalue weighted by molar-refractivity contribution is 7.90. The molecule has 1 fully saturated rings. The van der Waals surface area contributed by atoms with Crippen LogP contribution < -0.4 is 5.73 Å². The minimum Gasteiger partial charge on any atom is -0.329 e. The van der Waals surface area contributed by atoms with Crippen LogP contribution in [0.4, 0.5) is 0 Å². The van der Waals surface area contributed by atoms with E-state index in [4.69, 9.17) is 5.73 Å². The van der Waals surface area contributed by atoms with Gasteiger partial charge in [0.2, 0.25) is 0 Å². The maximum Gasteiger partial charge on any atom is 0.148 e. The first kappa shape index (κ1) is 14.9. The number of rotatable bonds is 6. The van der Waals surface area contributed by atoms with Gasteiger partial charge in [-0.2, -0.15) is 0 Å². The first-order chi connectivity index (χ1) is 7.83. The third kappa shape index (κ3) is 3.93. The summed E-state index contributed by atoms with van der Waals surface area (Å²) in [4.78, 5) is 2.17. The van der Waals surface area contributed by atoms with E-state index in [0.29, 0.717) is 13.1 Å². The van der Waals surface area contributed by atoms with Gasteiger partial charge in [-0.3, -0.25) is 4.90 Å². The van der Waals surface area contributed by atoms with E-state index in [1.54, 1.807) is 0 Å². The van der Waals surface area contributed by atoms with E-state index in [1.165, 1.54) is 19.1 Å². The summed E-state index contributed by atoms with van der Waals surface area (Å²) >= 11 is 0. The summed E-state index contributed by atoms with van der Waals surface area (Å²) in [5.74, 6) is 0.974. The minimum absolute atomic E-state index is 0.0331. The van der Waals surface area contributed by atoms with E-state index in [9.17, 15) is 8.42 Å². The number of hydrogen-bond donors (Lipinski definition) is 1. The molecule has 0 saturated heterocycles. The SMILES string of the molecule is CCC1CCC(CN)(N(C)CCS(C)(=O)=O)C1. The molecule has 1 aliphatic carbocycles. The lowest BCUT2D eigenvalue weighted by Crippen LogP contribution is -2.51. The predicted molar refractivity (Wildman–Crippen MR) is 71.8 cm³/mol. The van der Waals surface area contributed by atoms with Crippen molar-refractivity contribution in [3.8, 4) is 0 Å². The third-order valence-electron chi connectivity index (χ3n) is 4.25. The van der Waals surface area contributed by atoms with Crippen LogP contribution in [0.1, 0.15) is 32.6 Å². The van der Waals surface area contributed by atoms with Crippen LogP contribution in [0.25, 0.3) is 0 Å². The third-order valence-corrected chi connectivity index (χ3v) is 5.18. The van der Waals surface area contributed by atoms with E-state index in [2.05, 4.69) is 11.8 Å². The van der Waals surface area contributed by atoms with Gasteiger partial charge in [-0.05, 0) is 32.2 Å². The number of hydrogen-bond acceptors (Lipinski definition) is 4. The summed E-state index contributed by atoms with van der Waals surface area (Å²) in [6.45, 7) is 3.43. The Morgan fingerprint density at radius 1 is 1.47 bits per heavy atom. The molecule has 0 spiro atoms. The summed E-state index contributed by atoms with van der Waals surface area (Å²) in [7, 11) is -0.875. The molecule has 0 aromatic carbocycles. The van der Waals surface area contributed by atoms with Crippen molar-refractivity contribution in [3.63, 3.8) is 0 Å². The zero-order valence-electron chi connectivity index (χ0n) is 11.3. The number of likely N-dealkylation sites (N-methyl/N-ethyl adjacent to an activating group) is 1. The van der Waals surface area contributed by atoms with Gasteiger partial charge in [0.15, 0.2) is 0 Å². The van der Waals surface area contributed by atoms with Crippen molar-refractivity contribution in [2.75, 3.05) is 32.1 Å². The van der Waals surface area contributed by atoms with Crippen LogP contribution in [-0.4, -0.2) is 51.0 Å². The Kier molecular flexibility index (Phi) is 4.98. The Labute approximate surface area is 105 Å². The highest BCUT2D eigenvalue weighted by Crippen LogP contribution is 2.39. The molecule has 5 heteroatoms. The molecule has 4 nitrogen and oxygen atoms in total. The normalized spacial score (nSPS) is 30.1. The van der Waals surface area contributed by atoms with Crippen LogP contribution in [0.3, 0.4) is 0 Å². The molecular formula is C12H26N2O2S. The van der Waals surface area contributed by atoms with Gasteiger partial charge in [-0.15, -0.1) is 0 Å². The maximum absolute atomic E-state index is 11.2. The summed E-state index contributed by atoms with van der Waals surface area (Å²) in [5, 5.41) is 0. The maximum atomic E-state index is 11.2. The van der Waals surface area contributed by atoms with Crippen molar-refractivity contribution in [2.24, 2.45) is 11.7 Å². The monoisotopic (exact) mass is 262 g/mol. The molecule has 2 atom stereocenters. The van der Waals surface area contributed by atoms with Gasteiger partial charge in [0.05, 0.1) is 5.75 Å². The van der Waals surface area contributed by atoms with Crippen LogP contribution in [0.15, 0.2) is 0 Å². The molecule has 0 heterocycles. The predicted octanol–water partition coefficient (Wildman–Crippen LogP) is 0.870. The van der Waals surface area contributed by atoms with Gasteiger partial charge in [0.25, 0.3) is 0 Å². The van der Waals surface area contributed by atoms with Gasteiger partial charge in [-0.1, -0.05) is 13.3 Å². The Hall–Kier alpha value is -0.130. The highest BCUT2D eigenvalue weighted by Gasteiger charge is 2.40. The van der Waals surface area contributed by atoms with E-state index in [-0.39, 0.29) is 11.3 Å². The van der Waals surface area contributed by atoms with Crippen molar-refractivity contribution in [1.29, 1.82) is 0 Å². The fraction of sp³-hybridized carbons (Fsp3) is 1.00. The smallest absolute Gasteiger partial charge is 0.148 e. The molecular weight excluding hydrogens is 236 g/mol. The minimum atomic E-state index is -2.89. The molecule has 0 bridgehead atoms. The molecule has 1 aliphatic rings. The second-order valence-electron chi connectivity index (χ2n) is 5.50. The molecule has 17 heavy (non-hydrogen) atoms. The number of nitrogens with two attached hydrogens (primary N) is 1. The molecule has 0 amide bonds. The highest BCUT2D eigenvalue weighted by atomic mass is 32.2. The number of nitrogens with zero attached hydrogens (tertiary/aromatic N) is 1. The Bertz CT molecular complexity index is 342. The van der Waals surface area contributed by atoms with Crippen molar-refractivity contribution >= 4 is 9.84 Å². The summed E-state index contributed by atoms with van der Waals surface area (Å²) in [5.41, 5.74) is 5.97. The van der Waals surface area contributed by atoms with E-state index < -0.39 is 9.84 Å². The first-order valence-electron chi connectivity index (χ1n) is 6.42. The molecule has 1 saturated carbocycles. The van der Waals surface area contributed by atoms with Crippen molar-refractivity contribution in [1.82, 2.24) is 4.90 Å². The van der Waals surface area contributed by atoms with Crippen LogP contribution >= 0.6 is 0 Å². The van der Waals surface area contributed by atoms with Gasteiger partial charge in [-0.25, -0.2) is 8.42 Å². The standard InChI is InChI=1S/C12H26N2O2S/c1-4-11-5-6-12(9-11,10-13)14(2)7-8-17(3,15)16/h11H,4-10,13H2,1-3H3. The van der Waals surface area contributed by atoms with Crippen molar-refractivity contribution in [2.45, 2.75) is 38.1 Å². The zero-order valence-corrected chi connectivity index (χ0v) is 12.1. The Morgan fingerprint density at radius 2 is 2.12 bits per heavy atom. The average molecular weight is 262 g/mol. The molecule has 0 radical (unpaired) electrons. The van der Waals surface area contributed by atoms with Crippen molar-refractivity contribution < 1.29 is 8.42 Å². The van der Waals surface area contributed by atoms with Gasteiger partial charge in [0, 0.05) is 24.9 Å². The molecule has 0 aliphatic heterocycles. The van der Waals surface area contributed by atoms with Gasteiger partial charge < -0.3 is 5.73 Å². The number of sulfone groups is 1. The van der Waals surface area contributed by atoms with Gasteiger partial charge in [0.1, 0.15) is 9.84 Å². The summed E-state index contributed by atoms with van der Waals surface area (Å²) in [6, 6.07) is 0. The molecule has 2 unspecified atom stereocenters. The molecule has 102 valence electrons. The lowest BCUT2D eigenvalue weighted by Gasteiger charge is -2.38. The van der Waals surface area contributed by atoms with E-state index >= 15 is 0 Å². The summed E-state index contributed by atoms with van der Waals surface area (Å²) < 4.78 is 22.4.